The second-order valence-electron chi connectivity index (χ2n) is 8.82. The molecule has 5 rings (SSSR count). The van der Waals surface area contributed by atoms with E-state index in [2.05, 4.69) is 41.1 Å². The smallest absolute Gasteiger partial charge is 0.184 e. The van der Waals surface area contributed by atoms with Crippen molar-refractivity contribution in [2.45, 2.75) is 57.7 Å². The van der Waals surface area contributed by atoms with E-state index >= 15 is 0 Å². The number of aromatic nitrogens is 1. The van der Waals surface area contributed by atoms with Crippen molar-refractivity contribution in [3.05, 3.63) is 53.3 Å². The van der Waals surface area contributed by atoms with Crippen molar-refractivity contribution in [2.24, 2.45) is 21.1 Å². The van der Waals surface area contributed by atoms with Crippen LogP contribution in [0.4, 0.5) is 0 Å². The van der Waals surface area contributed by atoms with E-state index in [0.29, 0.717) is 11.9 Å². The fourth-order valence-electron chi connectivity index (χ4n) is 5.51. The minimum atomic E-state index is -0.628. The number of nitrogens with zero attached hydrogens (tertiary/aromatic N) is 3. The molecule has 1 fully saturated rings. The molecule has 1 saturated carbocycles. The number of fused-ring (bicyclic) bond motifs is 3. The summed E-state index contributed by atoms with van der Waals surface area (Å²) in [6.07, 6.45) is 9.08. The highest BCUT2D eigenvalue weighted by molar-refractivity contribution is 14.1. The average molecular weight is 524 g/mol. The molecule has 0 radical (unpaired) electrons. The third-order valence-electron chi connectivity index (χ3n) is 7.09. The van der Waals surface area contributed by atoms with E-state index in [4.69, 9.17) is 18.8 Å². The average Bonchev–Trinajstić information content (AvgIpc) is 3.22. The Labute approximate surface area is 197 Å². The standard InChI is InChI=1S/C25H25IN4O/c1-3-4-17-11-20(15-28-14-17)18-5-6-19-13-24(9-7-21(31-26)8-10-24)25(22(19)12-18)29-16(2)23(27)30-25/h5-6,11-12,14-15,21H,7-10,13H2,1-2H3,(H2,27,30)/t21-,24-,25-/m0/s1. The van der Waals surface area contributed by atoms with Crippen LogP contribution in [0, 0.1) is 17.3 Å². The molecule has 6 heteroatoms. The van der Waals surface area contributed by atoms with Gasteiger partial charge in [0.05, 0.1) is 11.8 Å². The summed E-state index contributed by atoms with van der Waals surface area (Å²) in [4.78, 5) is 14.6. The van der Waals surface area contributed by atoms with Crippen molar-refractivity contribution in [3.8, 4) is 23.0 Å². The van der Waals surface area contributed by atoms with E-state index in [9.17, 15) is 0 Å². The molecule has 1 aromatic heterocycles. The van der Waals surface area contributed by atoms with Gasteiger partial charge in [0.2, 0.25) is 0 Å². The normalized spacial score (nSPS) is 28.8. The molecule has 2 heterocycles. The van der Waals surface area contributed by atoms with Crippen molar-refractivity contribution < 1.29 is 3.07 Å². The summed E-state index contributed by atoms with van der Waals surface area (Å²) in [6, 6.07) is 8.77. The molecule has 2 spiro atoms. The van der Waals surface area contributed by atoms with Gasteiger partial charge in [0.25, 0.3) is 0 Å². The highest BCUT2D eigenvalue weighted by Gasteiger charge is 2.60. The number of pyridine rings is 1. The molecular weight excluding hydrogens is 499 g/mol. The van der Waals surface area contributed by atoms with Gasteiger partial charge in [0.1, 0.15) is 28.8 Å². The summed E-state index contributed by atoms with van der Waals surface area (Å²) >= 11 is 2.03. The molecule has 3 aliphatic rings. The van der Waals surface area contributed by atoms with Crippen LogP contribution in [0.25, 0.3) is 11.1 Å². The Morgan fingerprint density at radius 2 is 1.94 bits per heavy atom. The quantitative estimate of drug-likeness (QED) is 0.446. The van der Waals surface area contributed by atoms with Crippen LogP contribution >= 0.6 is 23.0 Å². The zero-order chi connectivity index (χ0) is 21.6. The highest BCUT2D eigenvalue weighted by atomic mass is 127. The Balaban J connectivity index is 1.63. The summed E-state index contributed by atoms with van der Waals surface area (Å²) in [5.74, 6) is 6.61. The molecule has 1 atom stereocenters. The predicted octanol–water partition coefficient (Wildman–Crippen LogP) is 4.96. The molecule has 2 aliphatic carbocycles. The first kappa shape index (κ1) is 20.7. The lowest BCUT2D eigenvalue weighted by molar-refractivity contribution is 0.0495. The number of aliphatic imine (C=N–C) groups is 2. The maximum Gasteiger partial charge on any atom is 0.184 e. The molecule has 0 saturated heterocycles. The summed E-state index contributed by atoms with van der Waals surface area (Å²) in [7, 11) is 0. The van der Waals surface area contributed by atoms with E-state index in [-0.39, 0.29) is 5.41 Å². The number of amidine groups is 1. The van der Waals surface area contributed by atoms with Crippen molar-refractivity contribution in [1.82, 2.24) is 4.98 Å². The number of halogens is 1. The molecule has 158 valence electrons. The van der Waals surface area contributed by atoms with Crippen molar-refractivity contribution in [3.63, 3.8) is 0 Å². The van der Waals surface area contributed by atoms with Gasteiger partial charge in [-0.2, -0.15) is 0 Å². The number of rotatable bonds is 2. The van der Waals surface area contributed by atoms with Gasteiger partial charge in [-0.3, -0.25) is 9.98 Å². The SMILES string of the molecule is CC#Cc1cncc(-c2ccc3c(c2)[C@@]2(N=C(C)C(N)=N2)[C@]2(CC[C@H](OI)CC2)C3)c1. The minimum absolute atomic E-state index is 0.0458. The third-order valence-corrected chi connectivity index (χ3v) is 7.81. The van der Waals surface area contributed by atoms with E-state index in [0.717, 1.165) is 54.5 Å². The van der Waals surface area contributed by atoms with Crippen molar-refractivity contribution in [1.29, 1.82) is 0 Å². The lowest BCUT2D eigenvalue weighted by Crippen LogP contribution is -2.43. The molecule has 31 heavy (non-hydrogen) atoms. The van der Waals surface area contributed by atoms with Crippen LogP contribution in [-0.2, 0) is 15.1 Å². The molecule has 0 unspecified atom stereocenters. The Kier molecular flexibility index (Phi) is 5.14. The van der Waals surface area contributed by atoms with Crippen LogP contribution < -0.4 is 5.73 Å². The van der Waals surface area contributed by atoms with Gasteiger partial charge in [-0.1, -0.05) is 18.1 Å². The van der Waals surface area contributed by atoms with Gasteiger partial charge in [-0.15, -0.1) is 5.92 Å². The number of benzene rings is 1. The summed E-state index contributed by atoms with van der Waals surface area (Å²) < 4.78 is 5.63. The predicted molar refractivity (Wildman–Crippen MR) is 132 cm³/mol. The molecular formula is C25H25IN4O. The van der Waals surface area contributed by atoms with Crippen LogP contribution in [0.2, 0.25) is 0 Å². The largest absolute Gasteiger partial charge is 0.382 e. The molecule has 2 N–H and O–H groups in total. The summed E-state index contributed by atoms with van der Waals surface area (Å²) in [6.45, 7) is 3.81. The van der Waals surface area contributed by atoms with E-state index in [1.54, 1.807) is 6.20 Å². The van der Waals surface area contributed by atoms with Crippen LogP contribution in [0.1, 0.15) is 56.2 Å². The second kappa shape index (κ2) is 7.72. The first-order valence-corrected chi connectivity index (χ1v) is 11.6. The zero-order valence-corrected chi connectivity index (χ0v) is 19.9. The van der Waals surface area contributed by atoms with E-state index < -0.39 is 5.66 Å². The van der Waals surface area contributed by atoms with E-state index in [1.165, 1.54) is 11.1 Å². The Hall–Kier alpha value is -2.24. The van der Waals surface area contributed by atoms with Crippen LogP contribution in [0.15, 0.2) is 46.6 Å². The maximum absolute atomic E-state index is 6.30. The number of hydrogen-bond acceptors (Lipinski definition) is 5. The highest BCUT2D eigenvalue weighted by Crippen LogP contribution is 2.62. The molecule has 5 nitrogen and oxygen atoms in total. The Bertz CT molecular complexity index is 1150. The first-order valence-electron chi connectivity index (χ1n) is 10.7. The van der Waals surface area contributed by atoms with Crippen LogP contribution in [-0.4, -0.2) is 22.6 Å². The third kappa shape index (κ3) is 3.21. The van der Waals surface area contributed by atoms with Gasteiger partial charge in [-0.05, 0) is 69.2 Å². The fraction of sp³-hybridized carbons (Fsp3) is 0.400. The molecule has 1 aromatic carbocycles. The van der Waals surface area contributed by atoms with Gasteiger partial charge < -0.3 is 8.80 Å². The monoisotopic (exact) mass is 524 g/mol. The summed E-state index contributed by atoms with van der Waals surface area (Å²) in [5, 5.41) is 0. The van der Waals surface area contributed by atoms with Crippen LogP contribution in [0.3, 0.4) is 0 Å². The van der Waals surface area contributed by atoms with Gasteiger partial charge in [0, 0.05) is 34.5 Å². The maximum atomic E-state index is 6.30. The first-order chi connectivity index (χ1) is 15.0. The molecule has 1 aliphatic heterocycles. The molecule has 0 amide bonds. The van der Waals surface area contributed by atoms with E-state index in [1.807, 2.05) is 43.1 Å². The van der Waals surface area contributed by atoms with Gasteiger partial charge in [-0.25, -0.2) is 4.99 Å². The number of hydrogen-bond donors (Lipinski definition) is 1. The van der Waals surface area contributed by atoms with Crippen LogP contribution in [0.5, 0.6) is 0 Å². The lowest BCUT2D eigenvalue weighted by atomic mass is 9.65. The summed E-state index contributed by atoms with van der Waals surface area (Å²) in [5.41, 5.74) is 12.1. The van der Waals surface area contributed by atoms with Crippen molar-refractivity contribution in [2.75, 3.05) is 0 Å². The van der Waals surface area contributed by atoms with Crippen molar-refractivity contribution >= 4 is 34.6 Å². The lowest BCUT2D eigenvalue weighted by Gasteiger charge is -2.44. The Morgan fingerprint density at radius 3 is 2.61 bits per heavy atom. The number of nitrogens with two attached hydrogens (primary N) is 1. The topological polar surface area (TPSA) is 72.9 Å². The fourth-order valence-corrected chi connectivity index (χ4v) is 6.02. The van der Waals surface area contributed by atoms with Gasteiger partial charge in [0.15, 0.2) is 5.66 Å². The minimum Gasteiger partial charge on any atom is -0.382 e. The van der Waals surface area contributed by atoms with Gasteiger partial charge >= 0.3 is 0 Å². The Morgan fingerprint density at radius 1 is 1.13 bits per heavy atom. The molecule has 0 bridgehead atoms. The second-order valence-corrected chi connectivity index (χ2v) is 9.33. The molecule has 2 aromatic rings. The zero-order valence-electron chi connectivity index (χ0n) is 17.8.